The summed E-state index contributed by atoms with van der Waals surface area (Å²) < 4.78 is 72.4. The van der Waals surface area contributed by atoms with E-state index in [1.165, 1.54) is 23.5 Å². The molecule has 1 fully saturated rings. The largest absolute Gasteiger partial charge is 0.495 e. The van der Waals surface area contributed by atoms with Crippen molar-refractivity contribution >= 4 is 72.4 Å². The number of carbonyl (C=O) groups excluding carboxylic acids is 2. The van der Waals surface area contributed by atoms with Crippen molar-refractivity contribution in [3.63, 3.8) is 0 Å². The van der Waals surface area contributed by atoms with Gasteiger partial charge in [0.05, 0.1) is 30.1 Å². The Bertz CT molecular complexity index is 2020. The van der Waals surface area contributed by atoms with Crippen LogP contribution < -0.4 is 20.3 Å². The van der Waals surface area contributed by atoms with Crippen molar-refractivity contribution in [3.8, 4) is 5.75 Å². The monoisotopic (exact) mass is 838 g/mol. The molecule has 11 nitrogen and oxygen atoms in total. The van der Waals surface area contributed by atoms with Crippen molar-refractivity contribution in [1.82, 2.24) is 14.2 Å². The molecule has 5 rings (SSSR count). The zero-order chi connectivity index (χ0) is 36.9. The van der Waals surface area contributed by atoms with Gasteiger partial charge in [0.25, 0.3) is 5.91 Å². The number of pyridine rings is 1. The second kappa shape index (κ2) is 16.0. The van der Waals surface area contributed by atoms with E-state index < -0.39 is 27.7 Å². The summed E-state index contributed by atoms with van der Waals surface area (Å²) in [5.74, 6) is -0.475. The van der Waals surface area contributed by atoms with E-state index in [2.05, 4.69) is 38.2 Å². The molecule has 0 bridgehead atoms. The number of rotatable bonds is 12. The van der Waals surface area contributed by atoms with Crippen molar-refractivity contribution < 1.29 is 35.9 Å². The van der Waals surface area contributed by atoms with E-state index in [1.807, 2.05) is 36.1 Å². The molecular formula is C35H38F3IN6O5S. The molecule has 1 aliphatic heterocycles. The number of alkyl halides is 3. The van der Waals surface area contributed by atoms with Crippen molar-refractivity contribution in [2.75, 3.05) is 74.7 Å². The molecule has 1 saturated heterocycles. The number of carbonyl (C=O) groups is 2. The number of aromatic nitrogens is 1. The van der Waals surface area contributed by atoms with Crippen molar-refractivity contribution in [1.29, 1.82) is 0 Å². The summed E-state index contributed by atoms with van der Waals surface area (Å²) in [5, 5.41) is 6.99. The summed E-state index contributed by atoms with van der Waals surface area (Å²) in [6, 6.07) is 17.6. The number of hydrogen-bond acceptors (Lipinski definition) is 8. The number of anilines is 3. The molecular weight excluding hydrogens is 800 g/mol. The maximum Gasteiger partial charge on any atom is 0.416 e. The van der Waals surface area contributed by atoms with Crippen LogP contribution in [0.4, 0.5) is 30.2 Å². The van der Waals surface area contributed by atoms with E-state index in [9.17, 15) is 31.2 Å². The van der Waals surface area contributed by atoms with Crippen LogP contribution in [-0.4, -0.2) is 93.6 Å². The Morgan fingerprint density at radius 3 is 2.41 bits per heavy atom. The van der Waals surface area contributed by atoms with Crippen LogP contribution in [-0.2, 0) is 21.0 Å². The highest BCUT2D eigenvalue weighted by Gasteiger charge is 2.31. The Morgan fingerprint density at radius 1 is 0.980 bits per heavy atom. The Balaban J connectivity index is 1.15. The number of nitrogens with zero attached hydrogens (tertiary/aromatic N) is 4. The zero-order valence-corrected chi connectivity index (χ0v) is 31.2. The first-order valence-electron chi connectivity index (χ1n) is 16.1. The average molecular weight is 839 g/mol. The van der Waals surface area contributed by atoms with Gasteiger partial charge in [-0.05, 0) is 90.2 Å². The van der Waals surface area contributed by atoms with Gasteiger partial charge < -0.3 is 25.2 Å². The van der Waals surface area contributed by atoms with E-state index in [-0.39, 0.29) is 31.2 Å². The van der Waals surface area contributed by atoms with Crippen LogP contribution >= 0.6 is 22.6 Å². The molecule has 0 atom stereocenters. The highest BCUT2D eigenvalue weighted by Crippen LogP contribution is 2.32. The van der Waals surface area contributed by atoms with Gasteiger partial charge in [-0.1, -0.05) is 6.07 Å². The average Bonchev–Trinajstić information content (AvgIpc) is 3.09. The highest BCUT2D eigenvalue weighted by molar-refractivity contribution is 14.1. The van der Waals surface area contributed by atoms with Gasteiger partial charge in [-0.2, -0.15) is 17.5 Å². The van der Waals surface area contributed by atoms with Gasteiger partial charge in [0.2, 0.25) is 15.9 Å². The molecule has 16 heteroatoms. The van der Waals surface area contributed by atoms with Crippen LogP contribution in [0.3, 0.4) is 0 Å². The zero-order valence-electron chi connectivity index (χ0n) is 28.3. The maximum atomic E-state index is 13.3. The predicted octanol–water partition coefficient (Wildman–Crippen LogP) is 5.84. The second-order valence-corrected chi connectivity index (χ2v) is 15.3. The lowest BCUT2D eigenvalue weighted by atomic mass is 10.1. The molecule has 0 spiro atoms. The lowest BCUT2D eigenvalue weighted by Crippen LogP contribution is -2.48. The van der Waals surface area contributed by atoms with Crippen LogP contribution in [0, 0.1) is 10.5 Å². The standard InChI is InChI=1S/C35H38F3IN6O5S/c1-23-19-31(28-22-26(39)8-10-29(28)41-23)40-12-14-45(51(3,48)49)13-11-33(46)42-30-9-7-24(20-32(30)50-2)34(47)44-17-15-43(16-18-44)27-6-4-5-25(21-27)35(36,37)38/h4-10,19-22H,11-18H2,1-3H3,(H,40,41)(H,42,46). The Hall–Kier alpha value is -4.16. The number of piperazine rings is 1. The first-order chi connectivity index (χ1) is 24.1. The smallest absolute Gasteiger partial charge is 0.416 e. The minimum Gasteiger partial charge on any atom is -0.495 e. The normalized spacial score (nSPS) is 13.8. The molecule has 3 aromatic carbocycles. The van der Waals surface area contributed by atoms with E-state index in [1.54, 1.807) is 23.1 Å². The molecule has 51 heavy (non-hydrogen) atoms. The molecule has 0 unspecified atom stereocenters. The first kappa shape index (κ1) is 38.1. The van der Waals surface area contributed by atoms with Crippen molar-refractivity contribution in [2.45, 2.75) is 19.5 Å². The van der Waals surface area contributed by atoms with Gasteiger partial charge in [-0.3, -0.25) is 14.6 Å². The molecule has 2 N–H and O–H groups in total. The van der Waals surface area contributed by atoms with Gasteiger partial charge >= 0.3 is 6.18 Å². The van der Waals surface area contributed by atoms with Gasteiger partial charge in [-0.25, -0.2) is 8.42 Å². The summed E-state index contributed by atoms with van der Waals surface area (Å²) >= 11 is 2.23. The van der Waals surface area contributed by atoms with Crippen LogP contribution in [0.25, 0.3) is 10.9 Å². The molecule has 1 aliphatic rings. The quantitative estimate of drug-likeness (QED) is 0.171. The van der Waals surface area contributed by atoms with E-state index in [0.717, 1.165) is 44.2 Å². The van der Waals surface area contributed by atoms with E-state index in [0.29, 0.717) is 49.7 Å². The third-order valence-electron chi connectivity index (χ3n) is 8.46. The van der Waals surface area contributed by atoms with Crippen molar-refractivity contribution in [3.05, 3.63) is 87.1 Å². The number of fused-ring (bicyclic) bond motifs is 1. The topological polar surface area (TPSA) is 124 Å². The Morgan fingerprint density at radius 2 is 1.73 bits per heavy atom. The molecule has 0 radical (unpaired) electrons. The van der Waals surface area contributed by atoms with Crippen LogP contribution in [0.15, 0.2) is 66.7 Å². The number of aryl methyl sites for hydroxylation is 1. The summed E-state index contributed by atoms with van der Waals surface area (Å²) in [6.07, 6.45) is -3.46. The molecule has 2 amide bonds. The van der Waals surface area contributed by atoms with E-state index in [4.69, 9.17) is 4.74 Å². The third kappa shape index (κ3) is 9.79. The first-order valence-corrected chi connectivity index (χ1v) is 19.0. The number of amides is 2. The summed E-state index contributed by atoms with van der Waals surface area (Å²) in [4.78, 5) is 34.3. The summed E-state index contributed by atoms with van der Waals surface area (Å²) in [5.41, 5.74) is 2.85. The summed E-state index contributed by atoms with van der Waals surface area (Å²) in [7, 11) is -2.22. The molecule has 272 valence electrons. The number of sulfonamides is 1. The molecule has 4 aromatic rings. The number of halogens is 4. The maximum absolute atomic E-state index is 13.3. The highest BCUT2D eigenvalue weighted by atomic mass is 127. The minimum absolute atomic E-state index is 0.0499. The predicted molar refractivity (Wildman–Crippen MR) is 200 cm³/mol. The number of ether oxygens (including phenoxy) is 1. The van der Waals surface area contributed by atoms with Crippen LogP contribution in [0.1, 0.15) is 28.0 Å². The Kier molecular flexibility index (Phi) is 12.0. The fourth-order valence-electron chi connectivity index (χ4n) is 5.83. The second-order valence-electron chi connectivity index (χ2n) is 12.1. The van der Waals surface area contributed by atoms with Gasteiger partial charge in [0.15, 0.2) is 0 Å². The summed E-state index contributed by atoms with van der Waals surface area (Å²) in [6.45, 7) is 3.61. The fraction of sp³-hybridized carbons (Fsp3) is 0.343. The van der Waals surface area contributed by atoms with E-state index >= 15 is 0 Å². The SMILES string of the molecule is COc1cc(C(=O)N2CCN(c3cccc(C(F)(F)F)c3)CC2)ccc1NC(=O)CCN(CCNc1cc(C)nc2ccc(I)cc12)S(C)(=O)=O. The molecule has 0 saturated carbocycles. The van der Waals surface area contributed by atoms with Gasteiger partial charge in [0.1, 0.15) is 5.75 Å². The molecule has 0 aliphatic carbocycles. The lowest BCUT2D eigenvalue weighted by Gasteiger charge is -2.36. The minimum atomic E-state index is -4.44. The number of benzene rings is 3. The molecule has 2 heterocycles. The van der Waals surface area contributed by atoms with Gasteiger partial charge in [0, 0.05) is 83.8 Å². The van der Waals surface area contributed by atoms with Crippen LogP contribution in [0.5, 0.6) is 5.75 Å². The molecule has 1 aromatic heterocycles. The van der Waals surface area contributed by atoms with Crippen molar-refractivity contribution in [2.24, 2.45) is 0 Å². The number of hydrogen-bond donors (Lipinski definition) is 2. The van der Waals surface area contributed by atoms with Gasteiger partial charge in [-0.15, -0.1) is 0 Å². The third-order valence-corrected chi connectivity index (χ3v) is 10.4. The number of methoxy groups -OCH3 is 1. The van der Waals surface area contributed by atoms with Crippen LogP contribution in [0.2, 0.25) is 0 Å². The fourth-order valence-corrected chi connectivity index (χ4v) is 7.17. The Labute approximate surface area is 308 Å². The lowest BCUT2D eigenvalue weighted by molar-refractivity contribution is -0.137. The number of nitrogens with one attached hydrogen (secondary N) is 2.